The molecule has 0 radical (unpaired) electrons. The fourth-order valence-corrected chi connectivity index (χ4v) is 5.42. The summed E-state index contributed by atoms with van der Waals surface area (Å²) >= 11 is 0. The molecule has 2 rings (SSSR count). The first-order chi connectivity index (χ1) is 14.9. The van der Waals surface area contributed by atoms with Crippen molar-refractivity contribution in [2.45, 2.75) is 105 Å². The molecule has 6 nitrogen and oxygen atoms in total. The minimum absolute atomic E-state index is 0.315. The molecular weight excluding hydrogens is 392 g/mol. The Balaban J connectivity index is 2.36. The monoisotopic (exact) mass is 434 g/mol. The van der Waals surface area contributed by atoms with Gasteiger partial charge in [-0.1, -0.05) is 79.1 Å². The van der Waals surface area contributed by atoms with Gasteiger partial charge < -0.3 is 0 Å². The van der Waals surface area contributed by atoms with Crippen LogP contribution < -0.4 is 0 Å². The van der Waals surface area contributed by atoms with Crippen molar-refractivity contribution in [1.82, 2.24) is 9.80 Å². The third kappa shape index (κ3) is 5.04. The van der Waals surface area contributed by atoms with Crippen LogP contribution in [0.1, 0.15) is 105 Å². The number of carbonyl (C=O) groups is 4. The highest BCUT2D eigenvalue weighted by Crippen LogP contribution is 2.53. The molecule has 0 aliphatic carbocycles. The van der Waals surface area contributed by atoms with Gasteiger partial charge in [-0.25, -0.2) is 0 Å². The van der Waals surface area contributed by atoms with Crippen molar-refractivity contribution in [3.63, 3.8) is 0 Å². The van der Waals surface area contributed by atoms with Gasteiger partial charge in [0.2, 0.25) is 23.6 Å². The van der Waals surface area contributed by atoms with Gasteiger partial charge in [-0.05, 0) is 25.7 Å². The van der Waals surface area contributed by atoms with Gasteiger partial charge in [0, 0.05) is 18.5 Å². The third-order valence-corrected chi connectivity index (χ3v) is 7.33. The number of imide groups is 2. The van der Waals surface area contributed by atoms with Gasteiger partial charge in [0.15, 0.2) is 0 Å². The largest absolute Gasteiger partial charge is 0.281 e. The average molecular weight is 435 g/mol. The van der Waals surface area contributed by atoms with Crippen LogP contribution in [0.3, 0.4) is 0 Å². The number of hydrogen-bond donors (Lipinski definition) is 0. The third-order valence-electron chi connectivity index (χ3n) is 7.33. The van der Waals surface area contributed by atoms with Crippen LogP contribution in [0.25, 0.3) is 0 Å². The fraction of sp³-hybridized carbons (Fsp3) is 0.840. The molecule has 0 atom stereocenters. The van der Waals surface area contributed by atoms with Crippen molar-refractivity contribution in [3.8, 4) is 0 Å². The minimum atomic E-state index is -0.901. The van der Waals surface area contributed by atoms with E-state index in [9.17, 15) is 19.2 Å². The Bertz CT molecular complexity index is 580. The van der Waals surface area contributed by atoms with E-state index < -0.39 is 17.3 Å². The molecule has 0 aromatic rings. The lowest BCUT2D eigenvalue weighted by Crippen LogP contribution is -2.71. The van der Waals surface area contributed by atoms with Gasteiger partial charge in [0.05, 0.1) is 0 Å². The molecule has 2 saturated heterocycles. The lowest BCUT2D eigenvalue weighted by Gasteiger charge is -2.54. The van der Waals surface area contributed by atoms with Crippen LogP contribution in [-0.2, 0) is 19.2 Å². The predicted octanol–water partition coefficient (Wildman–Crippen LogP) is 4.70. The molecule has 6 heteroatoms. The first kappa shape index (κ1) is 25.5. The number of fused-ring (bicyclic) bond motifs is 2. The predicted molar refractivity (Wildman–Crippen MR) is 121 cm³/mol. The van der Waals surface area contributed by atoms with E-state index >= 15 is 0 Å². The smallest absolute Gasteiger partial charge is 0.242 e. The maximum Gasteiger partial charge on any atom is 0.242 e. The van der Waals surface area contributed by atoms with Crippen LogP contribution in [0.4, 0.5) is 0 Å². The first-order valence-electron chi connectivity index (χ1n) is 12.6. The zero-order valence-corrected chi connectivity index (χ0v) is 20.1. The van der Waals surface area contributed by atoms with Crippen LogP contribution in [-0.4, -0.2) is 46.5 Å². The van der Waals surface area contributed by atoms with Crippen molar-refractivity contribution in [2.24, 2.45) is 17.3 Å². The second-order valence-corrected chi connectivity index (χ2v) is 9.33. The molecule has 0 spiro atoms. The van der Waals surface area contributed by atoms with E-state index in [4.69, 9.17) is 0 Å². The molecule has 0 saturated carbocycles. The number of piperidine rings is 2. The Labute approximate surface area is 188 Å². The van der Waals surface area contributed by atoms with Crippen LogP contribution in [0.15, 0.2) is 0 Å². The standard InChI is InChI=1S/C25H42N2O4/c1-5-9-12-14-17-26-21(28)19-23(30)27(18-15-13-10-6-2)24(31)20(22(26)29)25(19,8-4)16-11-7-3/h19-20H,5-18H2,1-4H3. The van der Waals surface area contributed by atoms with Crippen molar-refractivity contribution < 1.29 is 19.2 Å². The van der Waals surface area contributed by atoms with Crippen molar-refractivity contribution in [3.05, 3.63) is 0 Å². The maximum atomic E-state index is 13.5. The molecular formula is C25H42N2O4. The summed E-state index contributed by atoms with van der Waals surface area (Å²) in [4.78, 5) is 56.6. The van der Waals surface area contributed by atoms with Gasteiger partial charge >= 0.3 is 0 Å². The normalized spacial score (nSPS) is 26.2. The van der Waals surface area contributed by atoms with Gasteiger partial charge in [-0.2, -0.15) is 0 Å². The molecule has 2 fully saturated rings. The highest BCUT2D eigenvalue weighted by Gasteiger charge is 2.66. The van der Waals surface area contributed by atoms with Crippen LogP contribution in [0, 0.1) is 17.3 Å². The number of unbranched alkanes of at least 4 members (excludes halogenated alkanes) is 7. The van der Waals surface area contributed by atoms with Crippen molar-refractivity contribution >= 4 is 23.6 Å². The SMILES string of the molecule is CCCCCCN1C(=O)C2C(=O)N(CCCCCC)C(=O)C(C1=O)C2(CC)CCCC. The van der Waals surface area contributed by atoms with Crippen LogP contribution in [0.5, 0.6) is 0 Å². The Morgan fingerprint density at radius 1 is 0.581 bits per heavy atom. The molecule has 0 N–H and O–H groups in total. The quantitative estimate of drug-likeness (QED) is 0.226. The van der Waals surface area contributed by atoms with Crippen LogP contribution >= 0.6 is 0 Å². The number of amides is 4. The summed E-state index contributed by atoms with van der Waals surface area (Å²) in [7, 11) is 0. The van der Waals surface area contributed by atoms with Gasteiger partial charge in [-0.15, -0.1) is 0 Å². The molecule has 2 bridgehead atoms. The molecule has 2 aliphatic heterocycles. The second kappa shape index (κ2) is 11.8. The number of hydrogen-bond acceptors (Lipinski definition) is 4. The summed E-state index contributed by atoms with van der Waals surface area (Å²) in [6.07, 6.45) is 10.3. The lowest BCUT2D eigenvalue weighted by molar-refractivity contribution is -0.188. The first-order valence-corrected chi connectivity index (χ1v) is 12.6. The molecule has 0 aromatic heterocycles. The van der Waals surface area contributed by atoms with Gasteiger partial charge in [0.1, 0.15) is 11.8 Å². The average Bonchev–Trinajstić information content (AvgIpc) is 2.75. The van der Waals surface area contributed by atoms with E-state index in [1.54, 1.807) is 0 Å². The Morgan fingerprint density at radius 3 is 1.29 bits per heavy atom. The van der Waals surface area contributed by atoms with E-state index in [1.807, 2.05) is 6.92 Å². The summed E-state index contributed by atoms with van der Waals surface area (Å²) in [6, 6.07) is 0. The minimum Gasteiger partial charge on any atom is -0.281 e. The molecule has 0 unspecified atom stereocenters. The summed E-state index contributed by atoms with van der Waals surface area (Å²) in [5.74, 6) is -3.28. The number of likely N-dealkylation sites (tertiary alicyclic amines) is 2. The van der Waals surface area contributed by atoms with E-state index in [2.05, 4.69) is 20.8 Å². The summed E-state index contributed by atoms with van der Waals surface area (Å²) in [6.45, 7) is 8.82. The van der Waals surface area contributed by atoms with E-state index in [0.717, 1.165) is 64.2 Å². The zero-order valence-electron chi connectivity index (χ0n) is 20.1. The van der Waals surface area contributed by atoms with Crippen molar-refractivity contribution in [2.75, 3.05) is 13.1 Å². The van der Waals surface area contributed by atoms with E-state index in [1.165, 1.54) is 9.80 Å². The molecule has 2 heterocycles. The second-order valence-electron chi connectivity index (χ2n) is 9.33. The van der Waals surface area contributed by atoms with Gasteiger partial charge in [-0.3, -0.25) is 29.0 Å². The number of nitrogens with zero attached hydrogens (tertiary/aromatic N) is 2. The summed E-state index contributed by atoms with van der Waals surface area (Å²) in [5.41, 5.74) is -0.863. The van der Waals surface area contributed by atoms with E-state index in [0.29, 0.717) is 25.9 Å². The van der Waals surface area contributed by atoms with Crippen LogP contribution in [0.2, 0.25) is 0 Å². The number of carbonyl (C=O) groups excluding carboxylic acids is 4. The molecule has 31 heavy (non-hydrogen) atoms. The molecule has 2 aliphatic rings. The molecule has 4 amide bonds. The number of rotatable bonds is 14. The zero-order chi connectivity index (χ0) is 23.0. The summed E-state index contributed by atoms with van der Waals surface area (Å²) in [5, 5.41) is 0. The molecule has 0 aromatic carbocycles. The summed E-state index contributed by atoms with van der Waals surface area (Å²) < 4.78 is 0. The highest BCUT2D eigenvalue weighted by molar-refractivity contribution is 6.22. The van der Waals surface area contributed by atoms with E-state index in [-0.39, 0.29) is 23.6 Å². The Kier molecular flexibility index (Phi) is 9.70. The van der Waals surface area contributed by atoms with Crippen molar-refractivity contribution in [1.29, 1.82) is 0 Å². The Hall–Kier alpha value is -1.72. The lowest BCUT2D eigenvalue weighted by atomic mass is 9.56. The topological polar surface area (TPSA) is 74.8 Å². The Morgan fingerprint density at radius 2 is 0.968 bits per heavy atom. The maximum absolute atomic E-state index is 13.5. The highest BCUT2D eigenvalue weighted by atomic mass is 16.2. The van der Waals surface area contributed by atoms with Gasteiger partial charge in [0.25, 0.3) is 0 Å². The molecule has 176 valence electrons. The fourth-order valence-electron chi connectivity index (χ4n) is 5.42.